The first-order valence-corrected chi connectivity index (χ1v) is 3.06. The summed E-state index contributed by atoms with van der Waals surface area (Å²) in [6, 6.07) is 0. The average Bonchev–Trinajstić information content (AvgIpc) is 2.24. The molecular formula is C7H12BO. The second-order valence-electron chi connectivity index (χ2n) is 1.42. The lowest BCUT2D eigenvalue weighted by molar-refractivity contribution is -0.116. The minimum absolute atomic E-state index is 0. The van der Waals surface area contributed by atoms with Crippen LogP contribution in [0.4, 0.5) is 0 Å². The lowest BCUT2D eigenvalue weighted by Crippen LogP contribution is -1.83. The fourth-order valence-corrected chi connectivity index (χ4v) is 0.513. The molecule has 0 aromatic rings. The third kappa shape index (κ3) is 5.34. The summed E-state index contributed by atoms with van der Waals surface area (Å²) in [5.74, 6) is 0.343. The van der Waals surface area contributed by atoms with Gasteiger partial charge in [-0.25, -0.2) is 0 Å². The van der Waals surface area contributed by atoms with Gasteiger partial charge in [0.05, 0.1) is 0 Å². The van der Waals surface area contributed by atoms with Gasteiger partial charge >= 0.3 is 0 Å². The van der Waals surface area contributed by atoms with Crippen LogP contribution in [0.25, 0.3) is 0 Å². The van der Waals surface area contributed by atoms with Crippen molar-refractivity contribution in [3.63, 3.8) is 0 Å². The summed E-state index contributed by atoms with van der Waals surface area (Å²) in [4.78, 5) is 10.2. The van der Waals surface area contributed by atoms with Crippen LogP contribution in [0.3, 0.4) is 0 Å². The molecule has 1 rings (SSSR count). The van der Waals surface area contributed by atoms with E-state index in [1.165, 1.54) is 0 Å². The Morgan fingerprint density at radius 2 is 1.56 bits per heavy atom. The molecule has 0 heterocycles. The Kier molecular flexibility index (Phi) is 9.38. The van der Waals surface area contributed by atoms with Crippen molar-refractivity contribution < 1.29 is 4.79 Å². The largest absolute Gasteiger partial charge is 0.299 e. The topological polar surface area (TPSA) is 17.1 Å². The van der Waals surface area contributed by atoms with Gasteiger partial charge in [-0.1, -0.05) is 26.0 Å². The molecule has 9 heavy (non-hydrogen) atoms. The van der Waals surface area contributed by atoms with Crippen molar-refractivity contribution in [3.8, 4) is 0 Å². The van der Waals surface area contributed by atoms with E-state index in [0.29, 0.717) is 18.6 Å². The molecule has 0 saturated carbocycles. The van der Waals surface area contributed by atoms with Crippen molar-refractivity contribution in [2.24, 2.45) is 0 Å². The number of allylic oxidation sites excluding steroid dienone is 2. The minimum atomic E-state index is 0. The zero-order chi connectivity index (χ0) is 6.41. The van der Waals surface area contributed by atoms with Gasteiger partial charge in [-0.3, -0.25) is 4.79 Å². The van der Waals surface area contributed by atoms with Crippen molar-refractivity contribution >= 4 is 14.2 Å². The Morgan fingerprint density at radius 3 is 1.67 bits per heavy atom. The van der Waals surface area contributed by atoms with Crippen LogP contribution in [0.15, 0.2) is 12.2 Å². The van der Waals surface area contributed by atoms with Crippen LogP contribution in [0.2, 0.25) is 0 Å². The molecule has 0 spiro atoms. The molecule has 0 amide bonds. The van der Waals surface area contributed by atoms with Gasteiger partial charge in [0.25, 0.3) is 0 Å². The molecule has 0 unspecified atom stereocenters. The normalized spacial score (nSPS) is 13.8. The van der Waals surface area contributed by atoms with Crippen LogP contribution in [-0.4, -0.2) is 14.2 Å². The molecule has 0 aliphatic heterocycles. The molecule has 0 atom stereocenters. The fraction of sp³-hybridized carbons (Fsp3) is 0.571. The van der Waals surface area contributed by atoms with E-state index in [1.54, 1.807) is 0 Å². The first-order valence-electron chi connectivity index (χ1n) is 3.06. The summed E-state index contributed by atoms with van der Waals surface area (Å²) in [6.07, 6.45) is 5.14. The quantitative estimate of drug-likeness (QED) is 0.352. The zero-order valence-electron chi connectivity index (χ0n) is 6.05. The second kappa shape index (κ2) is 7.47. The third-order valence-corrected chi connectivity index (χ3v) is 0.858. The molecule has 0 fully saturated rings. The summed E-state index contributed by atoms with van der Waals surface area (Å²) in [5.41, 5.74) is 0. The number of Topliss-reactive ketones (excluding diaryl/α,β-unsaturated/α-hetero) is 1. The third-order valence-electron chi connectivity index (χ3n) is 0.858. The highest BCUT2D eigenvalue weighted by atomic mass is 16.1. The molecule has 0 N–H and O–H groups in total. The molecule has 2 heteroatoms. The van der Waals surface area contributed by atoms with Gasteiger partial charge in [0.15, 0.2) is 0 Å². The van der Waals surface area contributed by atoms with Crippen LogP contribution in [0, 0.1) is 0 Å². The van der Waals surface area contributed by atoms with Gasteiger partial charge in [-0.05, 0) is 0 Å². The second-order valence-corrected chi connectivity index (χ2v) is 1.42. The van der Waals surface area contributed by atoms with Gasteiger partial charge in [0, 0.05) is 21.3 Å². The van der Waals surface area contributed by atoms with Crippen LogP contribution in [0.5, 0.6) is 0 Å². The highest BCUT2D eigenvalue weighted by Crippen LogP contribution is 2.00. The monoisotopic (exact) mass is 123 g/mol. The standard InChI is InChI=1S/C5H6O.C2H6.B/c6-5-3-1-2-4-5;1-2;/h1-2H,3-4H2;1-2H3;. The highest BCUT2D eigenvalue weighted by Gasteiger charge is 1.99. The lowest BCUT2D eigenvalue weighted by Gasteiger charge is -1.72. The molecule has 3 radical (unpaired) electrons. The molecule has 1 nitrogen and oxygen atoms in total. The van der Waals surface area contributed by atoms with Gasteiger partial charge in [-0.15, -0.1) is 0 Å². The Hall–Kier alpha value is -0.525. The lowest BCUT2D eigenvalue weighted by atomic mass is 10.3. The summed E-state index contributed by atoms with van der Waals surface area (Å²) in [5, 5.41) is 0. The van der Waals surface area contributed by atoms with Gasteiger partial charge in [-0.2, -0.15) is 0 Å². The first kappa shape index (κ1) is 11.3. The molecule has 0 bridgehead atoms. The summed E-state index contributed by atoms with van der Waals surface area (Å²) >= 11 is 0. The van der Waals surface area contributed by atoms with Crippen molar-refractivity contribution in [1.29, 1.82) is 0 Å². The molecule has 49 valence electrons. The van der Waals surface area contributed by atoms with Crippen molar-refractivity contribution in [2.75, 3.05) is 0 Å². The van der Waals surface area contributed by atoms with Gasteiger partial charge in [0.1, 0.15) is 5.78 Å². The Bertz CT molecular complexity index is 87.1. The smallest absolute Gasteiger partial charge is 0.140 e. The molecule has 0 aromatic carbocycles. The van der Waals surface area contributed by atoms with E-state index in [4.69, 9.17) is 0 Å². The number of hydrogen-bond acceptors (Lipinski definition) is 1. The molecule has 0 saturated heterocycles. The van der Waals surface area contributed by atoms with E-state index in [0.717, 1.165) is 0 Å². The predicted octanol–water partition coefficient (Wildman–Crippen LogP) is 1.55. The van der Waals surface area contributed by atoms with Gasteiger partial charge < -0.3 is 0 Å². The van der Waals surface area contributed by atoms with E-state index in [1.807, 2.05) is 26.0 Å². The number of hydrogen-bond donors (Lipinski definition) is 0. The Labute approximate surface area is 58.7 Å². The first-order chi connectivity index (χ1) is 3.89. The minimum Gasteiger partial charge on any atom is -0.299 e. The average molecular weight is 123 g/mol. The van der Waals surface area contributed by atoms with Crippen LogP contribution in [-0.2, 0) is 4.79 Å². The maximum absolute atomic E-state index is 10.2. The fourth-order valence-electron chi connectivity index (χ4n) is 0.513. The van der Waals surface area contributed by atoms with E-state index < -0.39 is 0 Å². The van der Waals surface area contributed by atoms with Crippen LogP contribution >= 0.6 is 0 Å². The summed E-state index contributed by atoms with van der Waals surface area (Å²) < 4.78 is 0. The predicted molar refractivity (Wildman–Crippen MR) is 40.5 cm³/mol. The number of ketones is 1. The molecule has 1 aliphatic carbocycles. The number of carbonyl (C=O) groups excluding carboxylic acids is 1. The van der Waals surface area contributed by atoms with Crippen molar-refractivity contribution in [2.45, 2.75) is 26.7 Å². The maximum atomic E-state index is 10.2. The maximum Gasteiger partial charge on any atom is 0.140 e. The Balaban J connectivity index is 0. The van der Waals surface area contributed by atoms with Crippen LogP contribution < -0.4 is 0 Å². The van der Waals surface area contributed by atoms with Gasteiger partial charge in [0.2, 0.25) is 0 Å². The van der Waals surface area contributed by atoms with E-state index in [9.17, 15) is 4.79 Å². The molecule has 1 aliphatic rings. The Morgan fingerprint density at radius 1 is 1.22 bits per heavy atom. The highest BCUT2D eigenvalue weighted by molar-refractivity contribution is 5.83. The van der Waals surface area contributed by atoms with Crippen LogP contribution in [0.1, 0.15) is 26.7 Å². The SMILES string of the molecule is CC.O=C1CC=CC1.[B]. The molecule has 0 aromatic heterocycles. The number of rotatable bonds is 0. The van der Waals surface area contributed by atoms with E-state index >= 15 is 0 Å². The summed E-state index contributed by atoms with van der Waals surface area (Å²) in [6.45, 7) is 4.00. The van der Waals surface area contributed by atoms with E-state index in [-0.39, 0.29) is 8.41 Å². The zero-order valence-corrected chi connectivity index (χ0v) is 6.05. The molecular weight excluding hydrogens is 111 g/mol. The van der Waals surface area contributed by atoms with Crippen molar-refractivity contribution in [3.05, 3.63) is 12.2 Å². The van der Waals surface area contributed by atoms with E-state index in [2.05, 4.69) is 0 Å². The summed E-state index contributed by atoms with van der Waals surface area (Å²) in [7, 11) is 0. The van der Waals surface area contributed by atoms with Crippen molar-refractivity contribution in [1.82, 2.24) is 0 Å². The number of carbonyl (C=O) groups is 1.